The van der Waals surface area contributed by atoms with Crippen molar-refractivity contribution < 1.29 is 0 Å². The highest BCUT2D eigenvalue weighted by molar-refractivity contribution is 5.34. The maximum atomic E-state index is 3.87. The van der Waals surface area contributed by atoms with Gasteiger partial charge in [0.1, 0.15) is 0 Å². The molecule has 0 amide bonds. The molecule has 0 spiro atoms. The van der Waals surface area contributed by atoms with Crippen LogP contribution in [0.4, 0.5) is 0 Å². The van der Waals surface area contributed by atoms with Crippen LogP contribution in [-0.2, 0) is 6.42 Å². The molecule has 0 aliphatic heterocycles. The summed E-state index contributed by atoms with van der Waals surface area (Å²) in [4.78, 5) is 0. The maximum Gasteiger partial charge on any atom is 0.0374 e. The molecule has 0 bridgehead atoms. The van der Waals surface area contributed by atoms with Crippen LogP contribution in [0.2, 0.25) is 0 Å². The largest absolute Gasteiger partial charge is 0.309 e. The molecule has 0 saturated carbocycles. The van der Waals surface area contributed by atoms with Crippen LogP contribution in [0.1, 0.15) is 64.1 Å². The molecular weight excluding hydrogens is 230 g/mol. The molecule has 1 aliphatic carbocycles. The van der Waals surface area contributed by atoms with Gasteiger partial charge in [0.15, 0.2) is 0 Å². The molecule has 0 saturated heterocycles. The molecule has 1 heteroatoms. The number of hydrogen-bond acceptors (Lipinski definition) is 1. The molecule has 1 aromatic rings. The highest BCUT2D eigenvalue weighted by atomic mass is 14.9. The zero-order chi connectivity index (χ0) is 13.9. The fourth-order valence-electron chi connectivity index (χ4n) is 3.31. The molecule has 0 fully saturated rings. The normalized spacial score (nSPS) is 21.4. The van der Waals surface area contributed by atoms with E-state index in [1.807, 2.05) is 0 Å². The van der Waals surface area contributed by atoms with Crippen LogP contribution >= 0.6 is 0 Å². The molecule has 0 heterocycles. The Bertz CT molecular complexity index is 404. The van der Waals surface area contributed by atoms with E-state index in [1.54, 1.807) is 5.56 Å². The third kappa shape index (κ3) is 3.20. The predicted octanol–water partition coefficient (Wildman–Crippen LogP) is 4.73. The van der Waals surface area contributed by atoms with Crippen molar-refractivity contribution >= 4 is 0 Å². The second-order valence-corrected chi connectivity index (χ2v) is 6.71. The molecule has 0 aromatic heterocycles. The lowest BCUT2D eigenvalue weighted by molar-refractivity contribution is 0.200. The van der Waals surface area contributed by atoms with Crippen molar-refractivity contribution in [1.82, 2.24) is 5.32 Å². The Hall–Kier alpha value is -0.820. The Morgan fingerprint density at radius 1 is 1.21 bits per heavy atom. The van der Waals surface area contributed by atoms with E-state index in [9.17, 15) is 0 Å². The van der Waals surface area contributed by atoms with E-state index in [-0.39, 0.29) is 0 Å². The average Bonchev–Trinajstić information content (AvgIpc) is 2.41. The highest BCUT2D eigenvalue weighted by Gasteiger charge is 2.35. The first-order valence-corrected chi connectivity index (χ1v) is 7.89. The van der Waals surface area contributed by atoms with Gasteiger partial charge in [0.05, 0.1) is 0 Å². The lowest BCUT2D eigenvalue weighted by Gasteiger charge is -2.41. The Labute approximate surface area is 118 Å². The number of hydrogen-bond donors (Lipinski definition) is 1. The highest BCUT2D eigenvalue weighted by Crippen LogP contribution is 2.43. The van der Waals surface area contributed by atoms with Crippen molar-refractivity contribution in [3.05, 3.63) is 35.4 Å². The van der Waals surface area contributed by atoms with E-state index < -0.39 is 0 Å². The van der Waals surface area contributed by atoms with Gasteiger partial charge in [0.25, 0.3) is 0 Å². The summed E-state index contributed by atoms with van der Waals surface area (Å²) < 4.78 is 0. The summed E-state index contributed by atoms with van der Waals surface area (Å²) in [5.74, 6) is 0.810. The smallest absolute Gasteiger partial charge is 0.0374 e. The minimum absolute atomic E-state index is 0.361. The van der Waals surface area contributed by atoms with E-state index in [2.05, 4.69) is 57.3 Å². The van der Waals surface area contributed by atoms with Crippen molar-refractivity contribution in [2.45, 2.75) is 59.4 Å². The third-order valence-corrected chi connectivity index (χ3v) is 4.95. The van der Waals surface area contributed by atoms with Gasteiger partial charge < -0.3 is 5.32 Å². The van der Waals surface area contributed by atoms with Crippen molar-refractivity contribution in [1.29, 1.82) is 0 Å². The van der Waals surface area contributed by atoms with Crippen LogP contribution in [0.3, 0.4) is 0 Å². The van der Waals surface area contributed by atoms with Gasteiger partial charge in [0, 0.05) is 6.04 Å². The first kappa shape index (κ1) is 14.6. The number of nitrogens with one attached hydrogen (secondary N) is 1. The first-order chi connectivity index (χ1) is 9.08. The van der Waals surface area contributed by atoms with Crippen molar-refractivity contribution in [2.75, 3.05) is 6.54 Å². The van der Waals surface area contributed by atoms with Crippen molar-refractivity contribution in [3.8, 4) is 0 Å². The lowest BCUT2D eigenvalue weighted by Crippen LogP contribution is -2.40. The molecule has 1 atom stereocenters. The predicted molar refractivity (Wildman–Crippen MR) is 83.4 cm³/mol. The van der Waals surface area contributed by atoms with E-state index in [1.165, 1.54) is 31.2 Å². The molecule has 1 nitrogen and oxygen atoms in total. The van der Waals surface area contributed by atoms with E-state index in [4.69, 9.17) is 0 Å². The molecule has 2 rings (SSSR count). The second kappa shape index (κ2) is 6.09. The van der Waals surface area contributed by atoms with Crippen LogP contribution in [0.5, 0.6) is 0 Å². The molecule has 19 heavy (non-hydrogen) atoms. The summed E-state index contributed by atoms with van der Waals surface area (Å²) in [7, 11) is 0. The number of benzene rings is 1. The van der Waals surface area contributed by atoms with Gasteiger partial charge in [-0.1, -0.05) is 64.8 Å². The van der Waals surface area contributed by atoms with Gasteiger partial charge in [0.2, 0.25) is 0 Å². The summed E-state index contributed by atoms with van der Waals surface area (Å²) in [5.41, 5.74) is 3.44. The van der Waals surface area contributed by atoms with E-state index in [0.717, 1.165) is 12.5 Å². The molecule has 1 unspecified atom stereocenters. The van der Waals surface area contributed by atoms with Gasteiger partial charge >= 0.3 is 0 Å². The topological polar surface area (TPSA) is 12.0 Å². The number of fused-ring (bicyclic) bond motifs is 1. The van der Waals surface area contributed by atoms with Crippen LogP contribution in [-0.4, -0.2) is 6.54 Å². The Kier molecular flexibility index (Phi) is 4.67. The SMILES string of the molecule is CCC(CC)CNC1c2ccccc2CCC1(C)C. The fraction of sp³-hybridized carbons (Fsp3) is 0.667. The first-order valence-electron chi connectivity index (χ1n) is 7.89. The Morgan fingerprint density at radius 3 is 2.58 bits per heavy atom. The minimum atomic E-state index is 0.361. The summed E-state index contributed by atoms with van der Waals surface area (Å²) in [5, 5.41) is 3.87. The van der Waals surface area contributed by atoms with Gasteiger partial charge in [-0.05, 0) is 41.8 Å². The fourth-order valence-corrected chi connectivity index (χ4v) is 3.31. The van der Waals surface area contributed by atoms with Crippen LogP contribution in [0, 0.1) is 11.3 Å². The van der Waals surface area contributed by atoms with E-state index in [0.29, 0.717) is 11.5 Å². The van der Waals surface area contributed by atoms with Crippen LogP contribution in [0.15, 0.2) is 24.3 Å². The quantitative estimate of drug-likeness (QED) is 0.806. The molecule has 1 aliphatic rings. The Balaban J connectivity index is 2.16. The zero-order valence-electron chi connectivity index (χ0n) is 13.0. The Morgan fingerprint density at radius 2 is 1.89 bits per heavy atom. The zero-order valence-corrected chi connectivity index (χ0v) is 13.0. The summed E-state index contributed by atoms with van der Waals surface area (Å²) in [6, 6.07) is 9.50. The maximum absolute atomic E-state index is 3.87. The molecular formula is C18H29N. The lowest BCUT2D eigenvalue weighted by atomic mass is 9.70. The molecule has 1 aromatic carbocycles. The van der Waals surface area contributed by atoms with Gasteiger partial charge in [-0.2, -0.15) is 0 Å². The summed E-state index contributed by atoms with van der Waals surface area (Å²) in [6.45, 7) is 10.6. The summed E-state index contributed by atoms with van der Waals surface area (Å²) >= 11 is 0. The van der Waals surface area contributed by atoms with E-state index >= 15 is 0 Å². The van der Waals surface area contributed by atoms with Crippen molar-refractivity contribution in [3.63, 3.8) is 0 Å². The number of aryl methyl sites for hydroxylation is 1. The van der Waals surface area contributed by atoms with Gasteiger partial charge in [-0.15, -0.1) is 0 Å². The molecule has 0 radical (unpaired) electrons. The molecule has 1 N–H and O–H groups in total. The second-order valence-electron chi connectivity index (χ2n) is 6.71. The van der Waals surface area contributed by atoms with Gasteiger partial charge in [-0.3, -0.25) is 0 Å². The van der Waals surface area contributed by atoms with Gasteiger partial charge in [-0.25, -0.2) is 0 Å². The summed E-state index contributed by atoms with van der Waals surface area (Å²) in [6.07, 6.45) is 5.06. The van der Waals surface area contributed by atoms with Crippen LogP contribution < -0.4 is 5.32 Å². The average molecular weight is 259 g/mol. The minimum Gasteiger partial charge on any atom is -0.309 e. The van der Waals surface area contributed by atoms with Crippen LogP contribution in [0.25, 0.3) is 0 Å². The van der Waals surface area contributed by atoms with Crippen molar-refractivity contribution in [2.24, 2.45) is 11.3 Å². The third-order valence-electron chi connectivity index (χ3n) is 4.95. The molecule has 106 valence electrons. The monoisotopic (exact) mass is 259 g/mol. The number of rotatable bonds is 5. The standard InChI is InChI=1S/C18H29N/c1-5-14(6-2)13-19-17-16-10-8-7-9-15(16)11-12-18(17,3)4/h7-10,14,17,19H,5-6,11-13H2,1-4H3.